The number of hydrogen-bond acceptors (Lipinski definition) is 3. The largest absolute Gasteiger partial charge is 0.482 e. The number of hydrogen-bond donors (Lipinski definition) is 1. The lowest BCUT2D eigenvalue weighted by Gasteiger charge is -2.03. The van der Waals surface area contributed by atoms with E-state index < -0.39 is 12.6 Å². The fourth-order valence-electron chi connectivity index (χ4n) is 1.70. The van der Waals surface area contributed by atoms with Crippen LogP contribution in [-0.4, -0.2) is 23.5 Å². The Kier molecular flexibility index (Phi) is 5.71. The van der Waals surface area contributed by atoms with Crippen LogP contribution in [0.25, 0.3) is 6.08 Å². The summed E-state index contributed by atoms with van der Waals surface area (Å²) in [4.78, 5) is 22.4. The highest BCUT2D eigenvalue weighted by Gasteiger charge is 2.03. The van der Waals surface area contributed by atoms with Crippen LogP contribution in [0.2, 0.25) is 0 Å². The van der Waals surface area contributed by atoms with Gasteiger partial charge >= 0.3 is 5.97 Å². The first-order valence-electron chi connectivity index (χ1n) is 6.47. The Labute approximate surface area is 141 Å². The number of aliphatic carboxylic acids is 1. The van der Waals surface area contributed by atoms with Crippen molar-refractivity contribution in [1.82, 2.24) is 0 Å². The quantitative estimate of drug-likeness (QED) is 0.450. The maximum Gasteiger partial charge on any atom is 0.341 e. The number of carbonyl (C=O) groups is 2. The van der Waals surface area contributed by atoms with Gasteiger partial charge in [0.25, 0.3) is 0 Å². The predicted octanol–water partition coefficient (Wildman–Crippen LogP) is 3.65. The van der Waals surface area contributed by atoms with E-state index in [2.05, 4.69) is 22.6 Å². The molecule has 2 aromatic rings. The van der Waals surface area contributed by atoms with E-state index in [1.807, 2.05) is 24.3 Å². The number of carboxylic acid groups (broad SMARTS) is 1. The van der Waals surface area contributed by atoms with Crippen molar-refractivity contribution in [3.8, 4) is 5.75 Å². The number of ketones is 1. The summed E-state index contributed by atoms with van der Waals surface area (Å²) in [5.41, 5.74) is 1.47. The lowest BCUT2D eigenvalue weighted by atomic mass is 10.1. The lowest BCUT2D eigenvalue weighted by molar-refractivity contribution is -0.139. The predicted molar refractivity (Wildman–Crippen MR) is 92.1 cm³/mol. The highest BCUT2D eigenvalue weighted by atomic mass is 127. The molecule has 0 spiro atoms. The number of carbonyl (C=O) groups excluding carboxylic acids is 1. The summed E-state index contributed by atoms with van der Waals surface area (Å²) in [6.07, 6.45) is 3.27. The molecule has 0 saturated carbocycles. The molecule has 0 unspecified atom stereocenters. The molecule has 2 aromatic carbocycles. The van der Waals surface area contributed by atoms with E-state index in [4.69, 9.17) is 9.84 Å². The Balaban J connectivity index is 2.00. The van der Waals surface area contributed by atoms with Gasteiger partial charge in [-0.15, -0.1) is 0 Å². The van der Waals surface area contributed by atoms with Crippen LogP contribution in [0.4, 0.5) is 0 Å². The smallest absolute Gasteiger partial charge is 0.341 e. The first-order valence-corrected chi connectivity index (χ1v) is 7.55. The van der Waals surface area contributed by atoms with Crippen molar-refractivity contribution >= 4 is 40.4 Å². The number of rotatable bonds is 6. The van der Waals surface area contributed by atoms with Crippen LogP contribution in [0.3, 0.4) is 0 Å². The van der Waals surface area contributed by atoms with E-state index in [0.717, 1.165) is 9.13 Å². The molecule has 2 rings (SSSR count). The van der Waals surface area contributed by atoms with Gasteiger partial charge in [0.15, 0.2) is 12.4 Å². The molecule has 1 N–H and O–H groups in total. The summed E-state index contributed by atoms with van der Waals surface area (Å²) in [6.45, 7) is -0.403. The van der Waals surface area contributed by atoms with Gasteiger partial charge in [-0.3, -0.25) is 4.79 Å². The van der Waals surface area contributed by atoms with Crippen LogP contribution in [0, 0.1) is 3.57 Å². The van der Waals surface area contributed by atoms with Crippen molar-refractivity contribution in [1.29, 1.82) is 0 Å². The molecule has 22 heavy (non-hydrogen) atoms. The molecule has 0 saturated heterocycles. The zero-order valence-corrected chi connectivity index (χ0v) is 13.7. The van der Waals surface area contributed by atoms with Crippen molar-refractivity contribution in [3.05, 3.63) is 69.3 Å². The number of allylic oxidation sites excluding steroid dienone is 1. The molecule has 0 amide bonds. The molecular weight excluding hydrogens is 395 g/mol. The molecule has 5 heteroatoms. The highest BCUT2D eigenvalue weighted by Crippen LogP contribution is 2.14. The molecule has 4 nitrogen and oxygen atoms in total. The van der Waals surface area contributed by atoms with Gasteiger partial charge in [0.05, 0.1) is 0 Å². The molecule has 0 radical (unpaired) electrons. The van der Waals surface area contributed by atoms with Crippen LogP contribution < -0.4 is 4.74 Å². The minimum atomic E-state index is -1.04. The minimum absolute atomic E-state index is 0.122. The second-order valence-corrected chi connectivity index (χ2v) is 5.70. The van der Waals surface area contributed by atoms with Gasteiger partial charge in [-0.25, -0.2) is 4.79 Å². The number of ether oxygens (including phenoxy) is 1. The Morgan fingerprint density at radius 1 is 1.05 bits per heavy atom. The summed E-state index contributed by atoms with van der Waals surface area (Å²) in [6, 6.07) is 14.2. The monoisotopic (exact) mass is 408 g/mol. The number of benzene rings is 2. The molecule has 112 valence electrons. The van der Waals surface area contributed by atoms with Crippen LogP contribution in [-0.2, 0) is 4.79 Å². The third-order valence-corrected chi connectivity index (χ3v) is 3.52. The van der Waals surface area contributed by atoms with Crippen molar-refractivity contribution in [3.63, 3.8) is 0 Å². The Morgan fingerprint density at radius 2 is 1.68 bits per heavy atom. The maximum absolute atomic E-state index is 12.0. The van der Waals surface area contributed by atoms with Crippen molar-refractivity contribution in [2.24, 2.45) is 0 Å². The fraction of sp³-hybridized carbons (Fsp3) is 0.0588. The van der Waals surface area contributed by atoms with Crippen molar-refractivity contribution < 1.29 is 19.4 Å². The number of carboxylic acids is 1. The summed E-state index contributed by atoms with van der Waals surface area (Å²) in [5, 5.41) is 8.52. The Morgan fingerprint density at radius 3 is 2.27 bits per heavy atom. The first-order chi connectivity index (χ1) is 10.5. The summed E-state index contributed by atoms with van der Waals surface area (Å²) < 4.78 is 6.15. The average Bonchev–Trinajstić information content (AvgIpc) is 2.52. The summed E-state index contributed by atoms with van der Waals surface area (Å²) in [5.74, 6) is -0.746. The molecule has 0 aromatic heterocycles. The molecular formula is C17H13IO4. The molecule has 0 heterocycles. The third-order valence-electron chi connectivity index (χ3n) is 2.80. The van der Waals surface area contributed by atoms with Gasteiger partial charge in [0, 0.05) is 9.13 Å². The minimum Gasteiger partial charge on any atom is -0.482 e. The standard InChI is InChI=1S/C17H13IO4/c18-14-6-1-12(2-7-14)3-10-16(19)13-4-8-15(9-5-13)22-11-17(20)21/h1-10H,11H2,(H,20,21)/b10-3+. The first kappa shape index (κ1) is 16.2. The molecule has 0 bridgehead atoms. The van der Waals surface area contributed by atoms with E-state index in [1.54, 1.807) is 30.3 Å². The summed E-state index contributed by atoms with van der Waals surface area (Å²) >= 11 is 2.22. The van der Waals surface area contributed by atoms with E-state index in [-0.39, 0.29) is 5.78 Å². The van der Waals surface area contributed by atoms with Crippen LogP contribution in [0.1, 0.15) is 15.9 Å². The maximum atomic E-state index is 12.0. The van der Waals surface area contributed by atoms with Gasteiger partial charge in [0.1, 0.15) is 5.75 Å². The van der Waals surface area contributed by atoms with Crippen LogP contribution >= 0.6 is 22.6 Å². The van der Waals surface area contributed by atoms with E-state index in [1.165, 1.54) is 6.08 Å². The summed E-state index contributed by atoms with van der Waals surface area (Å²) in [7, 11) is 0. The zero-order chi connectivity index (χ0) is 15.9. The molecule has 0 aliphatic carbocycles. The highest BCUT2D eigenvalue weighted by molar-refractivity contribution is 14.1. The fourth-order valence-corrected chi connectivity index (χ4v) is 2.06. The van der Waals surface area contributed by atoms with Gasteiger partial charge in [0.2, 0.25) is 0 Å². The Hall–Kier alpha value is -2.15. The molecule has 0 atom stereocenters. The zero-order valence-electron chi connectivity index (χ0n) is 11.5. The van der Waals surface area contributed by atoms with E-state index in [0.29, 0.717) is 11.3 Å². The van der Waals surface area contributed by atoms with Crippen LogP contribution in [0.5, 0.6) is 5.75 Å². The Bertz CT molecular complexity index is 688. The molecule has 0 aliphatic heterocycles. The lowest BCUT2D eigenvalue weighted by Crippen LogP contribution is -2.09. The molecule has 0 fully saturated rings. The second kappa shape index (κ2) is 7.74. The SMILES string of the molecule is O=C(O)COc1ccc(C(=O)/C=C/c2ccc(I)cc2)cc1. The van der Waals surface area contributed by atoms with Gasteiger partial charge in [-0.05, 0) is 70.6 Å². The van der Waals surface area contributed by atoms with Gasteiger partial charge < -0.3 is 9.84 Å². The third kappa shape index (κ3) is 5.00. The van der Waals surface area contributed by atoms with Gasteiger partial charge in [-0.2, -0.15) is 0 Å². The van der Waals surface area contributed by atoms with E-state index >= 15 is 0 Å². The second-order valence-electron chi connectivity index (χ2n) is 4.46. The molecule has 0 aliphatic rings. The van der Waals surface area contributed by atoms with E-state index in [9.17, 15) is 9.59 Å². The normalized spacial score (nSPS) is 10.6. The topological polar surface area (TPSA) is 63.6 Å². The van der Waals surface area contributed by atoms with Crippen molar-refractivity contribution in [2.45, 2.75) is 0 Å². The van der Waals surface area contributed by atoms with Crippen LogP contribution in [0.15, 0.2) is 54.6 Å². The number of halogens is 1. The van der Waals surface area contributed by atoms with Crippen molar-refractivity contribution in [2.75, 3.05) is 6.61 Å². The average molecular weight is 408 g/mol. The van der Waals surface area contributed by atoms with Gasteiger partial charge in [-0.1, -0.05) is 18.2 Å².